The minimum Gasteiger partial charge on any atom is -0.465 e. The number of hydrogen-bond acceptors (Lipinski definition) is 3. The van der Waals surface area contributed by atoms with Crippen LogP contribution in [-0.4, -0.2) is 18.1 Å². The molecule has 0 saturated carbocycles. The molecule has 0 radical (unpaired) electrons. The second-order valence-corrected chi connectivity index (χ2v) is 5.81. The van der Waals surface area contributed by atoms with E-state index in [0.717, 1.165) is 18.5 Å². The zero-order valence-corrected chi connectivity index (χ0v) is 12.1. The number of hydrogen-bond donors (Lipinski definition) is 0. The van der Waals surface area contributed by atoms with E-state index in [9.17, 15) is 4.79 Å². The highest BCUT2D eigenvalue weighted by Gasteiger charge is 2.30. The third kappa shape index (κ3) is 2.70. The highest BCUT2D eigenvalue weighted by atomic mass is 16.5. The molecule has 0 spiro atoms. The molecular formula is C16H21NO2. The van der Waals surface area contributed by atoms with Gasteiger partial charge in [0.25, 0.3) is 0 Å². The standard InChI is InChI=1S/C16H21NO2/c1-11-6-5-8-16(2,3)14(11)13-10-12(7-9-17-13)15(18)19-4/h7,9-10H,5-6,8H2,1-4H3. The van der Waals surface area contributed by atoms with Gasteiger partial charge in [-0.25, -0.2) is 4.79 Å². The van der Waals surface area contributed by atoms with E-state index in [1.165, 1.54) is 24.7 Å². The third-order valence-electron chi connectivity index (χ3n) is 3.89. The molecule has 0 amide bonds. The highest BCUT2D eigenvalue weighted by Crippen LogP contribution is 2.45. The second-order valence-electron chi connectivity index (χ2n) is 5.81. The minimum atomic E-state index is -0.310. The van der Waals surface area contributed by atoms with Crippen LogP contribution >= 0.6 is 0 Å². The Bertz CT molecular complexity index is 529. The number of pyridine rings is 1. The highest BCUT2D eigenvalue weighted by molar-refractivity contribution is 5.90. The van der Waals surface area contributed by atoms with Gasteiger partial charge in [0.15, 0.2) is 0 Å². The number of methoxy groups -OCH3 is 1. The lowest BCUT2D eigenvalue weighted by Gasteiger charge is -2.34. The van der Waals surface area contributed by atoms with Crippen LogP contribution < -0.4 is 0 Å². The van der Waals surface area contributed by atoms with Crippen LogP contribution in [0.5, 0.6) is 0 Å². The fourth-order valence-electron chi connectivity index (χ4n) is 3.00. The summed E-state index contributed by atoms with van der Waals surface area (Å²) in [6, 6.07) is 3.54. The molecule has 0 aliphatic heterocycles. The molecule has 1 aliphatic carbocycles. The normalized spacial score (nSPS) is 18.3. The van der Waals surface area contributed by atoms with Crippen molar-refractivity contribution in [1.29, 1.82) is 0 Å². The third-order valence-corrected chi connectivity index (χ3v) is 3.89. The molecular weight excluding hydrogens is 238 g/mol. The molecule has 102 valence electrons. The summed E-state index contributed by atoms with van der Waals surface area (Å²) in [4.78, 5) is 16.1. The van der Waals surface area contributed by atoms with Gasteiger partial charge in [-0.2, -0.15) is 0 Å². The summed E-state index contributed by atoms with van der Waals surface area (Å²) in [5.74, 6) is -0.310. The largest absolute Gasteiger partial charge is 0.465 e. The van der Waals surface area contributed by atoms with Crippen molar-refractivity contribution in [3.8, 4) is 0 Å². The lowest BCUT2D eigenvalue weighted by molar-refractivity contribution is 0.0600. The number of carbonyl (C=O) groups is 1. The molecule has 0 fully saturated rings. The fraction of sp³-hybridized carbons (Fsp3) is 0.500. The van der Waals surface area contributed by atoms with Crippen molar-refractivity contribution in [3.05, 3.63) is 35.2 Å². The van der Waals surface area contributed by atoms with E-state index in [-0.39, 0.29) is 11.4 Å². The average Bonchev–Trinajstić information content (AvgIpc) is 2.37. The Labute approximate surface area is 114 Å². The molecule has 0 N–H and O–H groups in total. The maximum atomic E-state index is 11.6. The van der Waals surface area contributed by atoms with Crippen molar-refractivity contribution in [2.75, 3.05) is 7.11 Å². The van der Waals surface area contributed by atoms with Gasteiger partial charge in [-0.1, -0.05) is 19.4 Å². The Morgan fingerprint density at radius 3 is 2.79 bits per heavy atom. The Morgan fingerprint density at radius 1 is 1.42 bits per heavy atom. The van der Waals surface area contributed by atoms with Crippen LogP contribution in [-0.2, 0) is 4.74 Å². The summed E-state index contributed by atoms with van der Waals surface area (Å²) >= 11 is 0. The van der Waals surface area contributed by atoms with Gasteiger partial charge in [-0.05, 0) is 49.3 Å². The van der Waals surface area contributed by atoms with E-state index in [1.807, 2.05) is 6.07 Å². The number of esters is 1. The van der Waals surface area contributed by atoms with E-state index < -0.39 is 0 Å². The molecule has 1 aromatic heterocycles. The first-order chi connectivity index (χ1) is 8.95. The van der Waals surface area contributed by atoms with Gasteiger partial charge >= 0.3 is 5.97 Å². The van der Waals surface area contributed by atoms with Gasteiger partial charge in [0.2, 0.25) is 0 Å². The number of nitrogens with zero attached hydrogens (tertiary/aromatic N) is 1. The summed E-state index contributed by atoms with van der Waals surface area (Å²) in [6.07, 6.45) is 5.18. The number of carbonyl (C=O) groups excluding carboxylic acids is 1. The van der Waals surface area contributed by atoms with Crippen LogP contribution in [0.2, 0.25) is 0 Å². The molecule has 0 saturated heterocycles. The van der Waals surface area contributed by atoms with Crippen LogP contribution in [0.4, 0.5) is 0 Å². The first-order valence-corrected chi connectivity index (χ1v) is 6.70. The zero-order valence-electron chi connectivity index (χ0n) is 12.1. The summed E-state index contributed by atoms with van der Waals surface area (Å²) in [5, 5.41) is 0. The predicted molar refractivity (Wildman–Crippen MR) is 75.8 cm³/mol. The van der Waals surface area contributed by atoms with Crippen LogP contribution in [0.25, 0.3) is 5.57 Å². The van der Waals surface area contributed by atoms with Crippen molar-refractivity contribution in [2.45, 2.75) is 40.0 Å². The molecule has 1 aromatic rings. The number of aromatic nitrogens is 1. The quantitative estimate of drug-likeness (QED) is 0.757. The SMILES string of the molecule is COC(=O)c1ccnc(C2=C(C)CCCC2(C)C)c1. The fourth-order valence-corrected chi connectivity index (χ4v) is 3.00. The van der Waals surface area contributed by atoms with Gasteiger partial charge < -0.3 is 4.74 Å². The summed E-state index contributed by atoms with van der Waals surface area (Å²) in [7, 11) is 1.40. The molecule has 1 heterocycles. The summed E-state index contributed by atoms with van der Waals surface area (Å²) < 4.78 is 4.77. The molecule has 0 atom stereocenters. The number of ether oxygens (including phenoxy) is 1. The number of rotatable bonds is 2. The van der Waals surface area contributed by atoms with E-state index in [1.54, 1.807) is 12.3 Å². The maximum absolute atomic E-state index is 11.6. The predicted octanol–water partition coefficient (Wildman–Crippen LogP) is 3.85. The van der Waals surface area contributed by atoms with E-state index in [4.69, 9.17) is 4.74 Å². The Balaban J connectivity index is 2.49. The van der Waals surface area contributed by atoms with Gasteiger partial charge in [0, 0.05) is 6.20 Å². The van der Waals surface area contributed by atoms with Crippen LogP contribution in [0.15, 0.2) is 23.9 Å². The van der Waals surface area contributed by atoms with Gasteiger partial charge in [0.1, 0.15) is 0 Å². The summed E-state index contributed by atoms with van der Waals surface area (Å²) in [6.45, 7) is 6.66. The van der Waals surface area contributed by atoms with Crippen LogP contribution in [0.3, 0.4) is 0 Å². The van der Waals surface area contributed by atoms with Crippen LogP contribution in [0.1, 0.15) is 56.1 Å². The average molecular weight is 259 g/mol. The topological polar surface area (TPSA) is 39.2 Å². The maximum Gasteiger partial charge on any atom is 0.337 e. The molecule has 1 aliphatic rings. The van der Waals surface area contributed by atoms with E-state index >= 15 is 0 Å². The molecule has 0 unspecified atom stereocenters. The Hall–Kier alpha value is -1.64. The molecule has 0 bridgehead atoms. The first kappa shape index (κ1) is 13.8. The molecule has 0 aromatic carbocycles. The monoisotopic (exact) mass is 259 g/mol. The molecule has 19 heavy (non-hydrogen) atoms. The van der Waals surface area contributed by atoms with Crippen molar-refractivity contribution in [3.63, 3.8) is 0 Å². The van der Waals surface area contributed by atoms with Crippen molar-refractivity contribution in [1.82, 2.24) is 4.98 Å². The van der Waals surface area contributed by atoms with Crippen molar-refractivity contribution in [2.24, 2.45) is 5.41 Å². The molecule has 3 heteroatoms. The van der Waals surface area contributed by atoms with E-state index in [0.29, 0.717) is 5.56 Å². The zero-order chi connectivity index (χ0) is 14.0. The van der Waals surface area contributed by atoms with Crippen molar-refractivity contribution < 1.29 is 9.53 Å². The Morgan fingerprint density at radius 2 is 2.16 bits per heavy atom. The molecule has 3 nitrogen and oxygen atoms in total. The first-order valence-electron chi connectivity index (χ1n) is 6.70. The minimum absolute atomic E-state index is 0.115. The lowest BCUT2D eigenvalue weighted by atomic mass is 9.71. The van der Waals surface area contributed by atoms with E-state index in [2.05, 4.69) is 25.8 Å². The van der Waals surface area contributed by atoms with Crippen LogP contribution in [0, 0.1) is 5.41 Å². The van der Waals surface area contributed by atoms with Gasteiger partial charge in [-0.15, -0.1) is 0 Å². The summed E-state index contributed by atoms with van der Waals surface area (Å²) in [5.41, 5.74) is 4.25. The second kappa shape index (κ2) is 5.16. The number of allylic oxidation sites excluding steroid dienone is 2. The van der Waals surface area contributed by atoms with Crippen molar-refractivity contribution >= 4 is 11.5 Å². The van der Waals surface area contributed by atoms with Gasteiger partial charge in [-0.3, -0.25) is 4.98 Å². The van der Waals surface area contributed by atoms with Gasteiger partial charge in [0.05, 0.1) is 18.4 Å². The smallest absolute Gasteiger partial charge is 0.337 e. The molecule has 2 rings (SSSR count). The Kier molecular flexibility index (Phi) is 3.74. The lowest BCUT2D eigenvalue weighted by Crippen LogP contribution is -2.20.